The van der Waals surface area contributed by atoms with Gasteiger partial charge in [-0.25, -0.2) is 33.1 Å². The van der Waals surface area contributed by atoms with Gasteiger partial charge in [-0.1, -0.05) is 0 Å². The van der Waals surface area contributed by atoms with Crippen molar-refractivity contribution in [2.45, 2.75) is 39.8 Å². The Balaban J connectivity index is 1.51. The first kappa shape index (κ1) is 25.7. The molecule has 0 saturated heterocycles. The molecule has 0 bridgehead atoms. The van der Waals surface area contributed by atoms with Gasteiger partial charge in [-0.3, -0.25) is 19.6 Å². The highest BCUT2D eigenvalue weighted by Gasteiger charge is 2.45. The average molecular weight is 547 g/mol. The van der Waals surface area contributed by atoms with E-state index in [0.29, 0.717) is 42.1 Å². The minimum Gasteiger partial charge on any atom is -0.305 e. The first-order valence-corrected chi connectivity index (χ1v) is 12.7. The fourth-order valence-corrected chi connectivity index (χ4v) is 5.01. The fourth-order valence-electron chi connectivity index (χ4n) is 5.01. The van der Waals surface area contributed by atoms with Gasteiger partial charge in [0.25, 0.3) is 5.91 Å². The lowest BCUT2D eigenvalue weighted by Crippen LogP contribution is -2.51. The molecule has 0 aliphatic carbocycles. The van der Waals surface area contributed by atoms with Gasteiger partial charge in [0.15, 0.2) is 29.0 Å². The van der Waals surface area contributed by atoms with Crippen LogP contribution in [0.4, 0.5) is 19.0 Å². The van der Waals surface area contributed by atoms with Crippen molar-refractivity contribution in [3.8, 4) is 22.8 Å². The molecule has 9 nitrogen and oxygen atoms in total. The van der Waals surface area contributed by atoms with Crippen LogP contribution in [-0.2, 0) is 6.54 Å². The number of benzene rings is 1. The van der Waals surface area contributed by atoms with E-state index in [1.165, 1.54) is 0 Å². The third-order valence-electron chi connectivity index (χ3n) is 6.85. The van der Waals surface area contributed by atoms with E-state index in [4.69, 9.17) is 9.98 Å². The number of hydrogen-bond acceptors (Lipinski definition) is 7. The molecule has 1 amide bonds. The van der Waals surface area contributed by atoms with Crippen LogP contribution in [0.2, 0.25) is 0 Å². The molecule has 0 unspecified atom stereocenters. The van der Waals surface area contributed by atoms with Gasteiger partial charge < -0.3 is 4.57 Å². The summed E-state index contributed by atoms with van der Waals surface area (Å²) in [4.78, 5) is 39.8. The summed E-state index contributed by atoms with van der Waals surface area (Å²) < 4.78 is 43.8. The number of anilines is 1. The van der Waals surface area contributed by atoms with Crippen LogP contribution >= 0.6 is 0 Å². The maximum atomic E-state index is 14.2. The zero-order valence-electron chi connectivity index (χ0n) is 22.3. The number of imidazole rings is 1. The zero-order valence-corrected chi connectivity index (χ0v) is 22.3. The number of nitrogens with zero attached hydrogens (tertiary/aromatic N) is 8. The van der Waals surface area contributed by atoms with E-state index in [0.717, 1.165) is 23.4 Å². The van der Waals surface area contributed by atoms with E-state index >= 15 is 0 Å². The average Bonchev–Trinajstić information content (AvgIpc) is 3.45. The molecular weight excluding hydrogens is 521 g/mol. The van der Waals surface area contributed by atoms with Crippen LogP contribution in [0.1, 0.15) is 42.5 Å². The molecule has 204 valence electrons. The number of fused-ring (bicyclic) bond motifs is 3. The third-order valence-corrected chi connectivity index (χ3v) is 6.85. The molecule has 0 spiro atoms. The van der Waals surface area contributed by atoms with Crippen molar-refractivity contribution >= 4 is 17.7 Å². The smallest absolute Gasteiger partial charge is 0.283 e. The number of amides is 1. The summed E-state index contributed by atoms with van der Waals surface area (Å²) in [6.07, 6.45) is 4.82. The Kier molecular flexibility index (Phi) is 5.93. The topological polar surface area (TPSA) is 92.4 Å². The van der Waals surface area contributed by atoms with Gasteiger partial charge in [-0.15, -0.1) is 0 Å². The first-order chi connectivity index (χ1) is 19.1. The first-order valence-electron chi connectivity index (χ1n) is 12.7. The summed E-state index contributed by atoms with van der Waals surface area (Å²) in [7, 11) is 0. The number of carbonyl (C=O) groups is 1. The molecule has 6 rings (SSSR count). The van der Waals surface area contributed by atoms with Crippen LogP contribution < -0.4 is 4.90 Å². The number of aryl methyl sites for hydroxylation is 1. The number of aromatic nitrogens is 5. The Bertz CT molecular complexity index is 1660. The number of guanidine groups is 1. The second-order valence-electron chi connectivity index (χ2n) is 10.4. The summed E-state index contributed by atoms with van der Waals surface area (Å²) in [5.74, 6) is -2.81. The van der Waals surface area contributed by atoms with Crippen molar-refractivity contribution in [2.75, 3.05) is 18.0 Å². The Morgan fingerprint density at radius 1 is 0.975 bits per heavy atom. The quantitative estimate of drug-likeness (QED) is 0.340. The Hall–Kier alpha value is -4.61. The monoisotopic (exact) mass is 546 g/mol. The molecular formula is C28H25F3N8O. The standard InChI is InChI=1S/C28H25F3N8O/c1-5-37-26(40)22-25(39-14-28(3,4)36-27(37)39)38(13-16-8-19(29)21(31)20(30)9-16)24(35-22)18-11-33-23(34-12-18)17-7-6-15(2)32-10-17/h6-12H,5,13-14H2,1-4H3. The van der Waals surface area contributed by atoms with Gasteiger partial charge in [0.05, 0.1) is 24.2 Å². The van der Waals surface area contributed by atoms with E-state index < -0.39 is 23.0 Å². The zero-order chi connectivity index (χ0) is 28.3. The lowest BCUT2D eigenvalue weighted by atomic mass is 10.1. The largest absolute Gasteiger partial charge is 0.305 e. The van der Waals surface area contributed by atoms with Crippen LogP contribution in [0.15, 0.2) is 47.8 Å². The molecule has 0 atom stereocenters. The number of rotatable bonds is 5. The minimum absolute atomic E-state index is 0.0982. The molecule has 1 aromatic carbocycles. The van der Waals surface area contributed by atoms with Crippen LogP contribution in [0, 0.1) is 24.4 Å². The van der Waals surface area contributed by atoms with Crippen LogP contribution in [0.25, 0.3) is 22.8 Å². The van der Waals surface area contributed by atoms with E-state index in [1.54, 1.807) is 28.1 Å². The SMILES string of the molecule is CCN1C(=O)c2nc(-c3cnc(-c4ccc(C)nc4)nc3)n(Cc3cc(F)c(F)c(F)c3)c2N2CC(C)(C)N=C12. The van der Waals surface area contributed by atoms with Gasteiger partial charge >= 0.3 is 0 Å². The lowest BCUT2D eigenvalue weighted by Gasteiger charge is -2.34. The molecule has 40 heavy (non-hydrogen) atoms. The normalized spacial score (nSPS) is 15.8. The molecule has 5 heterocycles. The molecule has 12 heteroatoms. The number of pyridine rings is 1. The summed E-state index contributed by atoms with van der Waals surface area (Å²) >= 11 is 0. The Morgan fingerprint density at radius 3 is 2.27 bits per heavy atom. The molecule has 0 saturated carbocycles. The van der Waals surface area contributed by atoms with E-state index in [2.05, 4.69) is 15.0 Å². The summed E-state index contributed by atoms with van der Waals surface area (Å²) in [6, 6.07) is 5.59. The van der Waals surface area contributed by atoms with Gasteiger partial charge in [0.2, 0.25) is 5.96 Å². The second-order valence-corrected chi connectivity index (χ2v) is 10.4. The highest BCUT2D eigenvalue weighted by molar-refractivity contribution is 6.18. The number of aliphatic imine (C=N–C) groups is 1. The van der Waals surface area contributed by atoms with Crippen molar-refractivity contribution in [1.82, 2.24) is 29.4 Å². The molecule has 2 aliphatic heterocycles. The number of hydrogen-bond donors (Lipinski definition) is 0. The summed E-state index contributed by atoms with van der Waals surface area (Å²) in [5.41, 5.74) is 1.90. The number of halogens is 3. The number of carbonyl (C=O) groups excluding carboxylic acids is 1. The Morgan fingerprint density at radius 2 is 1.65 bits per heavy atom. The molecule has 0 N–H and O–H groups in total. The van der Waals surface area contributed by atoms with Gasteiger partial charge in [-0.05, 0) is 57.5 Å². The second kappa shape index (κ2) is 9.25. The van der Waals surface area contributed by atoms with Crippen molar-refractivity contribution in [3.63, 3.8) is 0 Å². The van der Waals surface area contributed by atoms with Crippen molar-refractivity contribution in [3.05, 3.63) is 77.3 Å². The van der Waals surface area contributed by atoms with Crippen LogP contribution in [-0.4, -0.2) is 59.9 Å². The van der Waals surface area contributed by atoms with Crippen molar-refractivity contribution < 1.29 is 18.0 Å². The predicted molar refractivity (Wildman–Crippen MR) is 142 cm³/mol. The minimum atomic E-state index is -1.55. The van der Waals surface area contributed by atoms with Gasteiger partial charge in [0.1, 0.15) is 11.6 Å². The maximum absolute atomic E-state index is 14.2. The molecule has 2 aliphatic rings. The summed E-state index contributed by atoms with van der Waals surface area (Å²) in [5, 5.41) is 0. The lowest BCUT2D eigenvalue weighted by molar-refractivity contribution is 0.0841. The third kappa shape index (κ3) is 4.19. The molecule has 3 aromatic heterocycles. The Labute approximate surface area is 228 Å². The van der Waals surface area contributed by atoms with Crippen molar-refractivity contribution in [1.29, 1.82) is 0 Å². The molecule has 0 fully saturated rings. The van der Waals surface area contributed by atoms with Gasteiger partial charge in [-0.2, -0.15) is 0 Å². The van der Waals surface area contributed by atoms with E-state index in [1.807, 2.05) is 44.7 Å². The molecule has 4 aromatic rings. The molecule has 0 radical (unpaired) electrons. The van der Waals surface area contributed by atoms with Gasteiger partial charge in [0, 0.05) is 36.4 Å². The van der Waals surface area contributed by atoms with Crippen LogP contribution in [0.3, 0.4) is 0 Å². The maximum Gasteiger partial charge on any atom is 0.283 e. The van der Waals surface area contributed by atoms with E-state index in [9.17, 15) is 18.0 Å². The van der Waals surface area contributed by atoms with Crippen LogP contribution in [0.5, 0.6) is 0 Å². The predicted octanol–water partition coefficient (Wildman–Crippen LogP) is 4.61. The highest BCUT2D eigenvalue weighted by atomic mass is 19.2. The van der Waals surface area contributed by atoms with Crippen molar-refractivity contribution in [2.24, 2.45) is 4.99 Å². The highest BCUT2D eigenvalue weighted by Crippen LogP contribution is 2.38. The summed E-state index contributed by atoms with van der Waals surface area (Å²) in [6.45, 7) is 8.37. The fraction of sp³-hybridized carbons (Fsp3) is 0.286. The van der Waals surface area contributed by atoms with E-state index in [-0.39, 0.29) is 23.7 Å².